The number of aliphatic hydroxyl groups is 1. The fourth-order valence-electron chi connectivity index (χ4n) is 2.59. The van der Waals surface area contributed by atoms with Crippen LogP contribution in [0, 0.1) is 6.92 Å². The summed E-state index contributed by atoms with van der Waals surface area (Å²) in [4.78, 5) is 24.1. The fourth-order valence-corrected chi connectivity index (χ4v) is 2.59. The molecule has 0 radical (unpaired) electrons. The van der Waals surface area contributed by atoms with Crippen LogP contribution in [0.25, 0.3) is 0 Å². The van der Waals surface area contributed by atoms with Crippen LogP contribution < -0.4 is 10.6 Å². The summed E-state index contributed by atoms with van der Waals surface area (Å²) in [6.45, 7) is 4.26. The molecule has 0 saturated heterocycles. The first-order valence-corrected chi connectivity index (χ1v) is 7.39. The average Bonchev–Trinajstić information content (AvgIpc) is 2.89. The minimum absolute atomic E-state index is 0.174. The quantitative estimate of drug-likeness (QED) is 0.793. The maximum atomic E-state index is 12.2. The molecule has 1 aromatic carbocycles. The van der Waals surface area contributed by atoms with Crippen molar-refractivity contribution in [1.82, 2.24) is 5.32 Å². The molecule has 0 atom stereocenters. The van der Waals surface area contributed by atoms with E-state index in [1.54, 1.807) is 18.2 Å². The lowest BCUT2D eigenvalue weighted by Crippen LogP contribution is -2.40. The highest BCUT2D eigenvalue weighted by atomic mass is 16.3. The van der Waals surface area contributed by atoms with Crippen molar-refractivity contribution in [2.45, 2.75) is 45.1 Å². The largest absolute Gasteiger partial charge is 0.380 e. The number of hydrogen-bond donors (Lipinski definition) is 3. The molecule has 1 fully saturated rings. The van der Waals surface area contributed by atoms with E-state index in [-0.39, 0.29) is 11.8 Å². The van der Waals surface area contributed by atoms with E-state index in [1.165, 1.54) is 0 Å². The third kappa shape index (κ3) is 3.42. The predicted octanol–water partition coefficient (Wildman–Crippen LogP) is 1.99. The molecule has 5 heteroatoms. The number of aryl methyl sites for hydroxylation is 1. The molecule has 5 nitrogen and oxygen atoms in total. The highest BCUT2D eigenvalue weighted by Crippen LogP contribution is 2.31. The second-order valence-electron chi connectivity index (χ2n) is 5.58. The van der Waals surface area contributed by atoms with Gasteiger partial charge in [0, 0.05) is 17.8 Å². The van der Waals surface area contributed by atoms with Crippen LogP contribution in [0.4, 0.5) is 5.69 Å². The van der Waals surface area contributed by atoms with Gasteiger partial charge in [-0.05, 0) is 57.2 Å². The lowest BCUT2D eigenvalue weighted by atomic mass is 10.0. The van der Waals surface area contributed by atoms with E-state index in [2.05, 4.69) is 10.6 Å². The van der Waals surface area contributed by atoms with Crippen molar-refractivity contribution in [2.24, 2.45) is 0 Å². The summed E-state index contributed by atoms with van der Waals surface area (Å²) in [6, 6.07) is 5.16. The van der Waals surface area contributed by atoms with Gasteiger partial charge in [0.1, 0.15) is 5.60 Å². The van der Waals surface area contributed by atoms with Crippen LogP contribution in [0.3, 0.4) is 0 Å². The smallest absolute Gasteiger partial charge is 0.256 e. The average molecular weight is 290 g/mol. The Hall–Kier alpha value is -1.88. The molecule has 2 rings (SSSR count). The van der Waals surface area contributed by atoms with Gasteiger partial charge in [-0.25, -0.2) is 0 Å². The Bertz CT molecular complexity index is 548. The number of nitrogens with one attached hydrogen (secondary N) is 2. The molecule has 0 aliphatic heterocycles. The van der Waals surface area contributed by atoms with Gasteiger partial charge in [-0.2, -0.15) is 0 Å². The van der Waals surface area contributed by atoms with Crippen molar-refractivity contribution in [3.8, 4) is 0 Å². The van der Waals surface area contributed by atoms with E-state index in [0.29, 0.717) is 30.6 Å². The third-order valence-electron chi connectivity index (χ3n) is 3.94. The number of amides is 2. The molecular formula is C16H22N2O3. The van der Waals surface area contributed by atoms with Crippen molar-refractivity contribution in [3.05, 3.63) is 29.3 Å². The second kappa shape index (κ2) is 6.26. The van der Waals surface area contributed by atoms with Crippen LogP contribution in [0.2, 0.25) is 0 Å². The maximum absolute atomic E-state index is 12.2. The minimum Gasteiger partial charge on any atom is -0.380 e. The molecule has 0 aromatic heterocycles. The molecule has 2 amide bonds. The predicted molar refractivity (Wildman–Crippen MR) is 81.2 cm³/mol. The Morgan fingerprint density at radius 2 is 1.95 bits per heavy atom. The van der Waals surface area contributed by atoms with Crippen molar-refractivity contribution in [2.75, 3.05) is 11.9 Å². The number of anilines is 1. The first kappa shape index (κ1) is 15.5. The summed E-state index contributed by atoms with van der Waals surface area (Å²) < 4.78 is 0. The van der Waals surface area contributed by atoms with E-state index in [9.17, 15) is 14.7 Å². The number of rotatable bonds is 4. The van der Waals surface area contributed by atoms with Gasteiger partial charge in [-0.15, -0.1) is 0 Å². The van der Waals surface area contributed by atoms with Crippen LogP contribution in [0.15, 0.2) is 18.2 Å². The zero-order valence-electron chi connectivity index (χ0n) is 12.5. The molecule has 1 aliphatic carbocycles. The molecule has 0 heterocycles. The van der Waals surface area contributed by atoms with E-state index in [1.807, 2.05) is 13.8 Å². The van der Waals surface area contributed by atoms with E-state index in [0.717, 1.165) is 18.4 Å². The van der Waals surface area contributed by atoms with Gasteiger partial charge in [-0.1, -0.05) is 6.07 Å². The lowest BCUT2D eigenvalue weighted by molar-refractivity contribution is -0.133. The zero-order chi connectivity index (χ0) is 15.5. The van der Waals surface area contributed by atoms with Gasteiger partial charge in [0.05, 0.1) is 0 Å². The normalized spacial score (nSPS) is 16.5. The van der Waals surface area contributed by atoms with Gasteiger partial charge in [0.25, 0.3) is 11.8 Å². The van der Waals surface area contributed by atoms with E-state index < -0.39 is 5.60 Å². The first-order chi connectivity index (χ1) is 9.96. The summed E-state index contributed by atoms with van der Waals surface area (Å²) in [6.07, 6.45) is 2.71. The molecular weight excluding hydrogens is 268 g/mol. The van der Waals surface area contributed by atoms with Gasteiger partial charge in [-0.3, -0.25) is 9.59 Å². The first-order valence-electron chi connectivity index (χ1n) is 7.39. The Kier molecular flexibility index (Phi) is 4.63. The monoisotopic (exact) mass is 290 g/mol. The molecule has 1 saturated carbocycles. The van der Waals surface area contributed by atoms with Gasteiger partial charge in [0.15, 0.2) is 0 Å². The standard InChI is InChI=1S/C16H22N2O3/c1-3-17-14(19)12-7-6-11(2)13(10-12)18-15(20)16(21)8-4-5-9-16/h6-7,10,21H,3-5,8-9H2,1-2H3,(H,17,19)(H,18,20). The van der Waals surface area contributed by atoms with Gasteiger partial charge in [0.2, 0.25) is 0 Å². The summed E-state index contributed by atoms with van der Waals surface area (Å²) in [5, 5.41) is 15.8. The number of hydrogen-bond acceptors (Lipinski definition) is 3. The number of carbonyl (C=O) groups is 2. The van der Waals surface area contributed by atoms with Crippen molar-refractivity contribution >= 4 is 17.5 Å². The SMILES string of the molecule is CCNC(=O)c1ccc(C)c(NC(=O)C2(O)CCCC2)c1. The van der Waals surface area contributed by atoms with Crippen LogP contribution in [-0.2, 0) is 4.79 Å². The lowest BCUT2D eigenvalue weighted by Gasteiger charge is -2.21. The molecule has 0 bridgehead atoms. The Balaban J connectivity index is 2.17. The molecule has 0 unspecified atom stereocenters. The van der Waals surface area contributed by atoms with Crippen molar-refractivity contribution in [1.29, 1.82) is 0 Å². The molecule has 21 heavy (non-hydrogen) atoms. The highest BCUT2D eigenvalue weighted by Gasteiger charge is 2.38. The van der Waals surface area contributed by atoms with Gasteiger partial charge < -0.3 is 15.7 Å². The van der Waals surface area contributed by atoms with E-state index in [4.69, 9.17) is 0 Å². The summed E-state index contributed by atoms with van der Waals surface area (Å²) in [7, 11) is 0. The van der Waals surface area contributed by atoms with Crippen LogP contribution in [0.5, 0.6) is 0 Å². The second-order valence-corrected chi connectivity index (χ2v) is 5.58. The highest BCUT2D eigenvalue weighted by molar-refractivity contribution is 6.00. The topological polar surface area (TPSA) is 78.4 Å². The third-order valence-corrected chi connectivity index (χ3v) is 3.94. The number of benzene rings is 1. The Morgan fingerprint density at radius 3 is 2.57 bits per heavy atom. The summed E-state index contributed by atoms with van der Waals surface area (Å²) >= 11 is 0. The number of carbonyl (C=O) groups excluding carboxylic acids is 2. The molecule has 3 N–H and O–H groups in total. The van der Waals surface area contributed by atoms with Crippen LogP contribution in [-0.4, -0.2) is 29.1 Å². The van der Waals surface area contributed by atoms with Crippen LogP contribution >= 0.6 is 0 Å². The summed E-state index contributed by atoms with van der Waals surface area (Å²) in [5.41, 5.74) is 0.659. The van der Waals surface area contributed by atoms with Crippen LogP contribution in [0.1, 0.15) is 48.5 Å². The zero-order valence-corrected chi connectivity index (χ0v) is 12.5. The molecule has 1 aliphatic rings. The minimum atomic E-state index is -1.27. The molecule has 114 valence electrons. The Morgan fingerprint density at radius 1 is 1.29 bits per heavy atom. The molecule has 0 spiro atoms. The molecule has 1 aromatic rings. The van der Waals surface area contributed by atoms with Crippen molar-refractivity contribution in [3.63, 3.8) is 0 Å². The summed E-state index contributed by atoms with van der Waals surface area (Å²) in [5.74, 6) is -0.552. The van der Waals surface area contributed by atoms with Crippen molar-refractivity contribution < 1.29 is 14.7 Å². The van der Waals surface area contributed by atoms with Gasteiger partial charge >= 0.3 is 0 Å². The maximum Gasteiger partial charge on any atom is 0.256 e. The Labute approximate surface area is 124 Å². The van der Waals surface area contributed by atoms with E-state index >= 15 is 0 Å². The fraction of sp³-hybridized carbons (Fsp3) is 0.500.